The van der Waals surface area contributed by atoms with Crippen molar-refractivity contribution in [3.8, 4) is 11.3 Å². The van der Waals surface area contributed by atoms with Crippen molar-refractivity contribution in [2.24, 2.45) is 0 Å². The number of hydrogen-bond donors (Lipinski definition) is 2. The number of imidazole rings is 1. The van der Waals surface area contributed by atoms with E-state index in [0.29, 0.717) is 0 Å². The van der Waals surface area contributed by atoms with Crippen LogP contribution in [0.2, 0.25) is 0 Å². The second-order valence-electron chi connectivity index (χ2n) is 6.09. The van der Waals surface area contributed by atoms with E-state index in [9.17, 15) is 4.79 Å². The van der Waals surface area contributed by atoms with Gasteiger partial charge in [0.25, 0.3) is 0 Å². The van der Waals surface area contributed by atoms with Gasteiger partial charge in [-0.05, 0) is 50.8 Å². The number of nitrogens with one attached hydrogen (secondary N) is 2. The van der Waals surface area contributed by atoms with Crippen LogP contribution in [0, 0.1) is 0 Å². The molecule has 23 heavy (non-hydrogen) atoms. The van der Waals surface area contributed by atoms with Gasteiger partial charge in [-0.3, -0.25) is 4.79 Å². The Morgan fingerprint density at radius 3 is 2.70 bits per heavy atom. The molecule has 120 valence electrons. The SMILES string of the molecule is CC(C)NC(=O)C1=C(c2ncc(-c3ccc(Br)cc3)[nH]2)CCC1. The average Bonchev–Trinajstić information content (AvgIpc) is 3.16. The summed E-state index contributed by atoms with van der Waals surface area (Å²) < 4.78 is 1.05. The van der Waals surface area contributed by atoms with Gasteiger partial charge in [0.05, 0.1) is 11.9 Å². The fraction of sp³-hybridized carbons (Fsp3) is 0.333. The molecule has 0 bridgehead atoms. The molecular formula is C18H20BrN3O. The van der Waals surface area contributed by atoms with Crippen molar-refractivity contribution in [1.82, 2.24) is 15.3 Å². The number of allylic oxidation sites excluding steroid dienone is 1. The van der Waals surface area contributed by atoms with Crippen LogP contribution in [0.15, 0.2) is 40.5 Å². The third-order valence-corrected chi connectivity index (χ3v) is 4.46. The second-order valence-corrected chi connectivity index (χ2v) is 7.01. The predicted octanol–water partition coefficient (Wildman–Crippen LogP) is 4.30. The van der Waals surface area contributed by atoms with E-state index in [2.05, 4.69) is 31.2 Å². The van der Waals surface area contributed by atoms with Gasteiger partial charge in [-0.15, -0.1) is 0 Å². The molecule has 2 aromatic rings. The molecule has 1 aliphatic carbocycles. The maximum atomic E-state index is 12.3. The van der Waals surface area contributed by atoms with E-state index in [4.69, 9.17) is 0 Å². The number of rotatable bonds is 4. The zero-order chi connectivity index (χ0) is 16.4. The van der Waals surface area contributed by atoms with Crippen LogP contribution in [0.25, 0.3) is 16.8 Å². The number of aromatic amines is 1. The second kappa shape index (κ2) is 6.71. The van der Waals surface area contributed by atoms with Crippen molar-refractivity contribution in [2.75, 3.05) is 0 Å². The Bertz CT molecular complexity index is 744. The van der Waals surface area contributed by atoms with Crippen LogP contribution in [0.3, 0.4) is 0 Å². The molecule has 0 spiro atoms. The number of nitrogens with zero attached hydrogens (tertiary/aromatic N) is 1. The van der Waals surface area contributed by atoms with Crippen molar-refractivity contribution >= 4 is 27.4 Å². The molecule has 1 aromatic carbocycles. The summed E-state index contributed by atoms with van der Waals surface area (Å²) in [4.78, 5) is 20.2. The largest absolute Gasteiger partial charge is 0.350 e. The first-order valence-electron chi connectivity index (χ1n) is 7.89. The maximum Gasteiger partial charge on any atom is 0.247 e. The quantitative estimate of drug-likeness (QED) is 0.838. The average molecular weight is 374 g/mol. The van der Waals surface area contributed by atoms with Gasteiger partial charge in [0.15, 0.2) is 0 Å². The van der Waals surface area contributed by atoms with E-state index in [1.54, 1.807) is 0 Å². The standard InChI is InChI=1S/C18H20BrN3O/c1-11(2)21-18(23)15-5-3-4-14(15)17-20-10-16(22-17)12-6-8-13(19)9-7-12/h6-11H,3-5H2,1-2H3,(H,20,22)(H,21,23). The van der Waals surface area contributed by atoms with Crippen molar-refractivity contribution in [1.29, 1.82) is 0 Å². The van der Waals surface area contributed by atoms with Crippen LogP contribution < -0.4 is 5.32 Å². The van der Waals surface area contributed by atoms with Crippen LogP contribution in [0.1, 0.15) is 38.9 Å². The first kappa shape index (κ1) is 16.0. The summed E-state index contributed by atoms with van der Waals surface area (Å²) in [6, 6.07) is 8.23. The number of aromatic nitrogens is 2. The molecule has 0 unspecified atom stereocenters. The van der Waals surface area contributed by atoms with E-state index in [1.807, 2.05) is 44.3 Å². The van der Waals surface area contributed by atoms with Crippen LogP contribution >= 0.6 is 15.9 Å². The highest BCUT2D eigenvalue weighted by molar-refractivity contribution is 9.10. The molecule has 1 amide bonds. The number of halogens is 1. The lowest BCUT2D eigenvalue weighted by atomic mass is 10.1. The molecule has 0 fully saturated rings. The molecule has 0 saturated heterocycles. The molecule has 2 N–H and O–H groups in total. The highest BCUT2D eigenvalue weighted by Crippen LogP contribution is 2.33. The summed E-state index contributed by atoms with van der Waals surface area (Å²) in [5, 5.41) is 2.99. The third-order valence-electron chi connectivity index (χ3n) is 3.93. The smallest absolute Gasteiger partial charge is 0.247 e. The summed E-state index contributed by atoms with van der Waals surface area (Å²) in [6.07, 6.45) is 4.56. The fourth-order valence-corrected chi connectivity index (χ4v) is 3.12. The van der Waals surface area contributed by atoms with E-state index in [0.717, 1.165) is 52.0 Å². The summed E-state index contributed by atoms with van der Waals surface area (Å²) >= 11 is 3.44. The molecule has 5 heteroatoms. The van der Waals surface area contributed by atoms with Gasteiger partial charge in [0.1, 0.15) is 5.82 Å². The number of carbonyl (C=O) groups excluding carboxylic acids is 1. The molecule has 1 aliphatic rings. The Labute approximate surface area is 144 Å². The van der Waals surface area contributed by atoms with Gasteiger partial charge >= 0.3 is 0 Å². The lowest BCUT2D eigenvalue weighted by Gasteiger charge is -2.10. The minimum atomic E-state index is 0.0362. The Hall–Kier alpha value is -1.88. The van der Waals surface area contributed by atoms with Crippen molar-refractivity contribution in [3.05, 3.63) is 46.3 Å². The summed E-state index contributed by atoms with van der Waals surface area (Å²) in [5.74, 6) is 0.850. The number of hydrogen-bond acceptors (Lipinski definition) is 2. The Balaban J connectivity index is 1.89. The molecule has 1 aromatic heterocycles. The van der Waals surface area contributed by atoms with Gasteiger partial charge in [0, 0.05) is 21.7 Å². The molecular weight excluding hydrogens is 354 g/mol. The van der Waals surface area contributed by atoms with Crippen molar-refractivity contribution in [2.45, 2.75) is 39.2 Å². The molecule has 3 rings (SSSR count). The Morgan fingerprint density at radius 2 is 2.00 bits per heavy atom. The first-order chi connectivity index (χ1) is 11.0. The third kappa shape index (κ3) is 3.55. The first-order valence-corrected chi connectivity index (χ1v) is 8.68. The minimum Gasteiger partial charge on any atom is -0.350 e. The number of amides is 1. The Morgan fingerprint density at radius 1 is 1.26 bits per heavy atom. The number of carbonyl (C=O) groups is 1. The molecule has 0 saturated carbocycles. The van der Waals surface area contributed by atoms with Gasteiger partial charge in [-0.1, -0.05) is 28.1 Å². The van der Waals surface area contributed by atoms with Gasteiger partial charge in [-0.25, -0.2) is 4.98 Å². The predicted molar refractivity (Wildman–Crippen MR) is 95.8 cm³/mol. The van der Waals surface area contributed by atoms with Gasteiger partial charge in [-0.2, -0.15) is 0 Å². The summed E-state index contributed by atoms with van der Waals surface area (Å²) in [6.45, 7) is 3.96. The molecule has 0 radical (unpaired) electrons. The highest BCUT2D eigenvalue weighted by Gasteiger charge is 2.24. The normalized spacial score (nSPS) is 14.6. The van der Waals surface area contributed by atoms with Crippen molar-refractivity contribution in [3.63, 3.8) is 0 Å². The van der Waals surface area contributed by atoms with E-state index < -0.39 is 0 Å². The van der Waals surface area contributed by atoms with E-state index in [-0.39, 0.29) is 11.9 Å². The highest BCUT2D eigenvalue weighted by atomic mass is 79.9. The molecule has 1 heterocycles. The lowest BCUT2D eigenvalue weighted by molar-refractivity contribution is -0.118. The number of H-pyrrole nitrogens is 1. The van der Waals surface area contributed by atoms with Crippen molar-refractivity contribution < 1.29 is 4.79 Å². The monoisotopic (exact) mass is 373 g/mol. The van der Waals surface area contributed by atoms with E-state index in [1.165, 1.54) is 0 Å². The number of benzene rings is 1. The minimum absolute atomic E-state index is 0.0362. The van der Waals surface area contributed by atoms with Gasteiger partial charge in [0.2, 0.25) is 5.91 Å². The van der Waals surface area contributed by atoms with Crippen LogP contribution in [-0.4, -0.2) is 21.9 Å². The van der Waals surface area contributed by atoms with E-state index >= 15 is 0 Å². The topological polar surface area (TPSA) is 57.8 Å². The lowest BCUT2D eigenvalue weighted by Crippen LogP contribution is -2.31. The summed E-state index contributed by atoms with van der Waals surface area (Å²) in [5.41, 5.74) is 3.97. The Kier molecular flexibility index (Phi) is 4.66. The zero-order valence-electron chi connectivity index (χ0n) is 13.3. The maximum absolute atomic E-state index is 12.3. The zero-order valence-corrected chi connectivity index (χ0v) is 14.9. The van der Waals surface area contributed by atoms with Crippen LogP contribution in [0.4, 0.5) is 0 Å². The fourth-order valence-electron chi connectivity index (χ4n) is 2.86. The molecule has 4 nitrogen and oxygen atoms in total. The van der Waals surface area contributed by atoms with Crippen LogP contribution in [-0.2, 0) is 4.79 Å². The summed E-state index contributed by atoms with van der Waals surface area (Å²) in [7, 11) is 0. The molecule has 0 aliphatic heterocycles. The van der Waals surface area contributed by atoms with Crippen LogP contribution in [0.5, 0.6) is 0 Å². The molecule has 0 atom stereocenters. The van der Waals surface area contributed by atoms with Gasteiger partial charge < -0.3 is 10.3 Å².